The monoisotopic (exact) mass is 1440 g/mol. The summed E-state index contributed by atoms with van der Waals surface area (Å²) in [5, 5.41) is 21.1. The highest BCUT2D eigenvalue weighted by atomic mass is 16.3. The average Bonchev–Trinajstić information content (AvgIpc) is 1.56. The Labute approximate surface area is 651 Å². The van der Waals surface area contributed by atoms with Crippen molar-refractivity contribution in [2.45, 2.75) is 63.3 Å². The summed E-state index contributed by atoms with van der Waals surface area (Å²) in [6.07, 6.45) is 4.72. The van der Waals surface area contributed by atoms with Crippen LogP contribution in [0.15, 0.2) is 361 Å². The van der Waals surface area contributed by atoms with E-state index in [2.05, 4.69) is 371 Å². The van der Waals surface area contributed by atoms with Crippen LogP contribution in [0.4, 0.5) is 0 Å². The van der Waals surface area contributed by atoms with Gasteiger partial charge in [-0.1, -0.05) is 325 Å². The van der Waals surface area contributed by atoms with E-state index in [0.29, 0.717) is 6.42 Å². The van der Waals surface area contributed by atoms with Crippen molar-refractivity contribution in [3.8, 4) is 77.9 Å². The molecule has 2 aliphatic carbocycles. The Morgan fingerprint density at radius 2 is 0.938 bits per heavy atom. The Bertz CT molecular complexity index is 6930. The molecule has 0 saturated carbocycles. The zero-order valence-corrected chi connectivity index (χ0v) is 62.8. The molecule has 536 valence electrons. The van der Waals surface area contributed by atoms with Gasteiger partial charge in [-0.05, 0) is 205 Å². The van der Waals surface area contributed by atoms with Gasteiger partial charge in [0.05, 0.1) is 6.04 Å². The first-order valence-electron chi connectivity index (χ1n) is 39.1. The van der Waals surface area contributed by atoms with E-state index in [9.17, 15) is 0 Å². The van der Waals surface area contributed by atoms with Gasteiger partial charge >= 0.3 is 0 Å². The van der Waals surface area contributed by atoms with Crippen LogP contribution in [-0.4, -0.2) is 0 Å². The van der Waals surface area contributed by atoms with Gasteiger partial charge in [-0.25, -0.2) is 0 Å². The molecule has 0 amide bonds. The molecule has 112 heavy (non-hydrogen) atoms. The Morgan fingerprint density at radius 1 is 0.402 bits per heavy atom. The quantitative estimate of drug-likeness (QED) is 0.0812. The first kappa shape index (κ1) is 66.8. The number of para-hydroxylation sites is 3. The van der Waals surface area contributed by atoms with Crippen LogP contribution in [0.2, 0.25) is 0 Å². The number of rotatable bonds is 14. The standard InChI is InChI=1S/C106H80N4O2/c1-105(2)89-50-23-42-75(98(89)87-59-67-31-11-12-32-68(67)61-91(87)105)70-34-18-37-73(57-70)93(108-103(107)65-27-7-5-8-28-65)55-54-64-26-17-33-69(56-64)77-44-21-49-85-100-82(46-25-53-97(100)112-101(77)85)79-45-20-36-72-60-88-92(62-86(72)79)106(3,4)90-51-24-43-76(99(88)90)71-35-19-38-74(58-71)94-63-95(110-104(109-94)66-29-9-6-10-30-66)80-40-14-13-39-78(80)83-47-22-48-84-81-41-15-16-52-96(81)111-102(83)84/h5-53,55-63,95,103-104,108-110H,54,107H2,1-4H3/b93-55-. The highest BCUT2D eigenvalue weighted by molar-refractivity contribution is 6.18. The maximum absolute atomic E-state index is 7.11. The highest BCUT2D eigenvalue weighted by Gasteiger charge is 2.40. The van der Waals surface area contributed by atoms with Gasteiger partial charge in [0.25, 0.3) is 0 Å². The van der Waals surface area contributed by atoms with Gasteiger partial charge in [-0.3, -0.25) is 5.32 Å². The van der Waals surface area contributed by atoms with E-state index in [0.717, 1.165) is 111 Å². The van der Waals surface area contributed by atoms with Crippen LogP contribution in [0.25, 0.3) is 155 Å². The number of fused-ring (bicyclic) bond motifs is 14. The summed E-state index contributed by atoms with van der Waals surface area (Å²) in [5.41, 5.74) is 40.8. The van der Waals surface area contributed by atoms with Crippen LogP contribution < -0.4 is 21.7 Å². The molecule has 3 aliphatic rings. The molecule has 0 radical (unpaired) electrons. The SMILES string of the molecule is CC1(C)c2cc3ccccc3cc2-c2c(-c3cccc(/C(=C/Cc4cccc(-c5cccc6c5oc5cccc(-c7cccc8cc9c(cc78)C(C)(C)c7cccc(-c8cccc(C%10=CC(c%11ccccc%11-c%11cccc%12c%11oc%11ccccc%11%12)NC(c%11ccccc%11)N%10)c8)c7-9)c56)c4)NC(N)c4ccccc4)c3)cccc21. The van der Waals surface area contributed by atoms with Crippen molar-refractivity contribution in [1.29, 1.82) is 0 Å². The van der Waals surface area contributed by atoms with Crippen LogP contribution in [0.5, 0.6) is 0 Å². The number of benzene rings is 16. The van der Waals surface area contributed by atoms with E-state index < -0.39 is 6.17 Å². The first-order chi connectivity index (χ1) is 54.9. The molecule has 5 N–H and O–H groups in total. The smallest absolute Gasteiger partial charge is 0.143 e. The second kappa shape index (κ2) is 26.5. The number of nitrogens with two attached hydrogens (primary N) is 1. The maximum Gasteiger partial charge on any atom is 0.143 e. The van der Waals surface area contributed by atoms with E-state index >= 15 is 0 Å². The lowest BCUT2D eigenvalue weighted by Gasteiger charge is -2.34. The van der Waals surface area contributed by atoms with Gasteiger partial charge < -0.3 is 25.2 Å². The van der Waals surface area contributed by atoms with Crippen LogP contribution >= 0.6 is 0 Å². The maximum atomic E-state index is 7.11. The van der Waals surface area contributed by atoms with Gasteiger partial charge in [-0.2, -0.15) is 0 Å². The van der Waals surface area contributed by atoms with Crippen molar-refractivity contribution in [1.82, 2.24) is 16.0 Å². The third-order valence-corrected chi connectivity index (χ3v) is 24.4. The van der Waals surface area contributed by atoms with Crippen LogP contribution in [0.3, 0.4) is 0 Å². The molecule has 2 aromatic heterocycles. The molecule has 0 spiro atoms. The average molecular weight is 1440 g/mol. The fourth-order valence-corrected chi connectivity index (χ4v) is 18.8. The van der Waals surface area contributed by atoms with Gasteiger partial charge in [-0.15, -0.1) is 0 Å². The molecule has 18 aromatic rings. The molecule has 3 atom stereocenters. The number of hydrogen-bond donors (Lipinski definition) is 4. The van der Waals surface area contributed by atoms with Gasteiger partial charge in [0.1, 0.15) is 34.7 Å². The minimum absolute atomic E-state index is 0.147. The van der Waals surface area contributed by atoms with E-state index in [1.807, 2.05) is 24.3 Å². The summed E-state index contributed by atoms with van der Waals surface area (Å²) < 4.78 is 13.8. The molecule has 3 unspecified atom stereocenters. The molecule has 6 heteroatoms. The van der Waals surface area contributed by atoms with Crippen molar-refractivity contribution in [2.24, 2.45) is 5.73 Å². The molecule has 1 aliphatic heterocycles. The summed E-state index contributed by atoms with van der Waals surface area (Å²) >= 11 is 0. The predicted molar refractivity (Wildman–Crippen MR) is 466 cm³/mol. The molecule has 3 heterocycles. The lowest BCUT2D eigenvalue weighted by molar-refractivity contribution is 0.443. The largest absolute Gasteiger partial charge is 0.455 e. The predicted octanol–water partition coefficient (Wildman–Crippen LogP) is 26.5. The van der Waals surface area contributed by atoms with Crippen LogP contribution in [0, 0.1) is 0 Å². The van der Waals surface area contributed by atoms with E-state index in [1.54, 1.807) is 0 Å². The molecular weight excluding hydrogens is 1360 g/mol. The van der Waals surface area contributed by atoms with Crippen LogP contribution in [-0.2, 0) is 17.3 Å². The summed E-state index contributed by atoms with van der Waals surface area (Å²) in [5.74, 6) is 0. The number of nitrogens with one attached hydrogen (secondary N) is 3. The van der Waals surface area contributed by atoms with Crippen molar-refractivity contribution < 1.29 is 8.83 Å². The second-order valence-electron chi connectivity index (χ2n) is 31.6. The molecule has 16 aromatic carbocycles. The lowest BCUT2D eigenvalue weighted by atomic mass is 9.81. The van der Waals surface area contributed by atoms with Gasteiger partial charge in [0, 0.05) is 54.9 Å². The fraction of sp³-hybridized carbons (Fsp3) is 0.0943. The summed E-state index contributed by atoms with van der Waals surface area (Å²) in [6, 6.07) is 124. The van der Waals surface area contributed by atoms with E-state index in [-0.39, 0.29) is 23.0 Å². The van der Waals surface area contributed by atoms with E-state index in [1.165, 1.54) is 99.4 Å². The zero-order chi connectivity index (χ0) is 74.9. The second-order valence-corrected chi connectivity index (χ2v) is 31.6. The highest BCUT2D eigenvalue weighted by Crippen LogP contribution is 2.56. The fourth-order valence-electron chi connectivity index (χ4n) is 18.8. The number of furan rings is 2. The molecule has 6 nitrogen and oxygen atoms in total. The molecule has 0 saturated heterocycles. The topological polar surface area (TPSA) is 88.4 Å². The minimum atomic E-state index is -0.441. The Morgan fingerprint density at radius 3 is 1.73 bits per heavy atom. The van der Waals surface area contributed by atoms with Crippen molar-refractivity contribution >= 4 is 76.8 Å². The van der Waals surface area contributed by atoms with E-state index in [4.69, 9.17) is 14.6 Å². The lowest BCUT2D eigenvalue weighted by Crippen LogP contribution is -2.39. The van der Waals surface area contributed by atoms with Crippen molar-refractivity contribution in [3.05, 3.63) is 408 Å². The number of allylic oxidation sites excluding steroid dienone is 1. The molecular formula is C106H80N4O2. The summed E-state index contributed by atoms with van der Waals surface area (Å²) in [7, 11) is 0. The Hall–Kier alpha value is -13.4. The normalized spacial score (nSPS) is 15.7. The molecule has 0 bridgehead atoms. The molecule has 21 rings (SSSR count). The van der Waals surface area contributed by atoms with Gasteiger partial charge in [0.2, 0.25) is 0 Å². The summed E-state index contributed by atoms with van der Waals surface area (Å²) in [6.45, 7) is 9.53. The van der Waals surface area contributed by atoms with Crippen molar-refractivity contribution in [3.63, 3.8) is 0 Å². The number of hydrogen-bond acceptors (Lipinski definition) is 6. The van der Waals surface area contributed by atoms with Crippen molar-refractivity contribution in [2.75, 3.05) is 0 Å². The van der Waals surface area contributed by atoms with Gasteiger partial charge in [0.15, 0.2) is 0 Å². The Balaban J connectivity index is 0.609. The first-order valence-corrected chi connectivity index (χ1v) is 39.1. The zero-order valence-electron chi connectivity index (χ0n) is 62.8. The third kappa shape index (κ3) is 11.1. The van der Waals surface area contributed by atoms with Crippen LogP contribution in [0.1, 0.15) is 102 Å². The minimum Gasteiger partial charge on any atom is -0.455 e. The molecule has 0 fully saturated rings. The third-order valence-electron chi connectivity index (χ3n) is 24.4. The summed E-state index contributed by atoms with van der Waals surface area (Å²) in [4.78, 5) is 0. The Kier molecular flexibility index (Phi) is 15.8.